The van der Waals surface area contributed by atoms with Gasteiger partial charge in [0.2, 0.25) is 0 Å². The summed E-state index contributed by atoms with van der Waals surface area (Å²) >= 11 is 5.58. The second-order valence-corrected chi connectivity index (χ2v) is 4.35. The molecule has 1 heterocycles. The Balaban J connectivity index is 2.11. The highest BCUT2D eigenvalue weighted by molar-refractivity contribution is 6.29. The quantitative estimate of drug-likeness (QED) is 0.899. The average Bonchev–Trinajstić information content (AvgIpc) is 2.39. The topological polar surface area (TPSA) is 92.2 Å². The van der Waals surface area contributed by atoms with Crippen molar-refractivity contribution in [3.63, 3.8) is 0 Å². The van der Waals surface area contributed by atoms with E-state index in [-0.39, 0.29) is 17.3 Å². The van der Waals surface area contributed by atoms with Crippen LogP contribution in [-0.4, -0.2) is 27.2 Å². The van der Waals surface area contributed by atoms with Gasteiger partial charge in [0.25, 0.3) is 5.91 Å². The number of carboxylic acids is 1. The maximum atomic E-state index is 11.9. The van der Waals surface area contributed by atoms with Crippen molar-refractivity contribution in [2.45, 2.75) is 6.42 Å². The third kappa shape index (κ3) is 3.76. The Labute approximate surface area is 119 Å². The first-order valence-electron chi connectivity index (χ1n) is 5.66. The molecule has 0 saturated carbocycles. The smallest absolute Gasteiger partial charge is 0.307 e. The molecule has 102 valence electrons. The van der Waals surface area contributed by atoms with Crippen molar-refractivity contribution in [1.82, 2.24) is 10.2 Å². The molecule has 0 spiro atoms. The van der Waals surface area contributed by atoms with E-state index in [0.717, 1.165) is 0 Å². The lowest BCUT2D eigenvalue weighted by Crippen LogP contribution is -2.14. The Morgan fingerprint density at radius 2 is 2.00 bits per heavy atom. The van der Waals surface area contributed by atoms with Crippen molar-refractivity contribution in [1.29, 1.82) is 0 Å². The Hall–Kier alpha value is -2.47. The number of carbonyl (C=O) groups excluding carboxylic acids is 1. The van der Waals surface area contributed by atoms with Gasteiger partial charge in [-0.05, 0) is 29.8 Å². The van der Waals surface area contributed by atoms with Crippen molar-refractivity contribution in [2.24, 2.45) is 0 Å². The molecule has 2 rings (SSSR count). The number of amides is 1. The van der Waals surface area contributed by atoms with E-state index in [0.29, 0.717) is 11.3 Å². The number of carboxylic acid groups (broad SMARTS) is 1. The number of rotatable bonds is 4. The number of anilines is 1. The number of hydrogen-bond acceptors (Lipinski definition) is 4. The van der Waals surface area contributed by atoms with E-state index in [9.17, 15) is 9.59 Å². The molecule has 20 heavy (non-hydrogen) atoms. The second kappa shape index (κ2) is 6.12. The molecule has 2 aromatic rings. The normalized spacial score (nSPS) is 10.1. The van der Waals surface area contributed by atoms with E-state index < -0.39 is 11.9 Å². The van der Waals surface area contributed by atoms with Crippen molar-refractivity contribution < 1.29 is 14.7 Å². The van der Waals surface area contributed by atoms with Gasteiger partial charge in [-0.1, -0.05) is 23.7 Å². The van der Waals surface area contributed by atoms with E-state index in [1.165, 1.54) is 12.1 Å². The van der Waals surface area contributed by atoms with E-state index in [1.54, 1.807) is 24.3 Å². The lowest BCUT2D eigenvalue weighted by atomic mass is 10.1. The third-order valence-corrected chi connectivity index (χ3v) is 2.61. The zero-order chi connectivity index (χ0) is 14.5. The maximum absolute atomic E-state index is 11.9. The largest absolute Gasteiger partial charge is 0.481 e. The Morgan fingerprint density at radius 3 is 2.65 bits per heavy atom. The molecule has 0 aliphatic carbocycles. The molecule has 0 aliphatic heterocycles. The molecule has 6 nitrogen and oxygen atoms in total. The monoisotopic (exact) mass is 291 g/mol. The highest BCUT2D eigenvalue weighted by Gasteiger charge is 2.09. The molecule has 1 amide bonds. The van der Waals surface area contributed by atoms with Gasteiger partial charge in [-0.2, -0.15) is 0 Å². The summed E-state index contributed by atoms with van der Waals surface area (Å²) < 4.78 is 0. The first kappa shape index (κ1) is 14.0. The van der Waals surface area contributed by atoms with Gasteiger partial charge in [-0.25, -0.2) is 0 Å². The molecular formula is C13H10ClN3O3. The van der Waals surface area contributed by atoms with Crippen molar-refractivity contribution in [3.05, 3.63) is 52.8 Å². The number of benzene rings is 1. The minimum Gasteiger partial charge on any atom is -0.481 e. The van der Waals surface area contributed by atoms with Gasteiger partial charge < -0.3 is 10.4 Å². The number of hydrogen-bond donors (Lipinski definition) is 2. The second-order valence-electron chi connectivity index (χ2n) is 3.97. The Bertz CT molecular complexity index is 644. The van der Waals surface area contributed by atoms with Crippen LogP contribution in [0.25, 0.3) is 0 Å². The van der Waals surface area contributed by atoms with Crippen LogP contribution in [0.2, 0.25) is 5.15 Å². The van der Waals surface area contributed by atoms with E-state index in [2.05, 4.69) is 15.5 Å². The first-order valence-corrected chi connectivity index (χ1v) is 6.04. The van der Waals surface area contributed by atoms with Crippen molar-refractivity contribution in [2.75, 3.05) is 5.32 Å². The molecular weight excluding hydrogens is 282 g/mol. The first-order chi connectivity index (χ1) is 9.54. The summed E-state index contributed by atoms with van der Waals surface area (Å²) in [6, 6.07) is 9.51. The highest BCUT2D eigenvalue weighted by atomic mass is 35.5. The van der Waals surface area contributed by atoms with E-state index in [4.69, 9.17) is 16.7 Å². The third-order valence-electron chi connectivity index (χ3n) is 2.40. The van der Waals surface area contributed by atoms with Crippen LogP contribution in [-0.2, 0) is 11.2 Å². The minimum atomic E-state index is -0.933. The predicted molar refractivity (Wildman–Crippen MR) is 72.8 cm³/mol. The van der Waals surface area contributed by atoms with Crippen LogP contribution in [0.4, 0.5) is 5.69 Å². The molecule has 0 aliphatic rings. The van der Waals surface area contributed by atoms with Crippen molar-refractivity contribution in [3.8, 4) is 0 Å². The number of halogens is 1. The van der Waals surface area contributed by atoms with Crippen LogP contribution >= 0.6 is 11.6 Å². The molecule has 7 heteroatoms. The van der Waals surface area contributed by atoms with Crippen LogP contribution in [0, 0.1) is 0 Å². The standard InChI is InChI=1S/C13H10ClN3O3/c14-11-5-4-10(16-17-11)13(20)15-9-3-1-2-8(6-9)7-12(18)19/h1-6H,7H2,(H,15,20)(H,18,19). The minimum absolute atomic E-state index is 0.107. The van der Waals surface area contributed by atoms with Crippen LogP contribution in [0.15, 0.2) is 36.4 Å². The fourth-order valence-electron chi connectivity index (χ4n) is 1.57. The maximum Gasteiger partial charge on any atom is 0.307 e. The zero-order valence-electron chi connectivity index (χ0n) is 10.2. The van der Waals surface area contributed by atoms with Crippen LogP contribution in [0.1, 0.15) is 16.1 Å². The average molecular weight is 292 g/mol. The van der Waals surface area contributed by atoms with Crippen LogP contribution < -0.4 is 5.32 Å². The molecule has 1 aromatic heterocycles. The molecule has 1 aromatic carbocycles. The lowest BCUT2D eigenvalue weighted by molar-refractivity contribution is -0.136. The van der Waals surface area contributed by atoms with Gasteiger partial charge in [0, 0.05) is 5.69 Å². The number of aromatic nitrogens is 2. The summed E-state index contributed by atoms with van der Waals surface area (Å²) in [6.45, 7) is 0. The summed E-state index contributed by atoms with van der Waals surface area (Å²) in [6.07, 6.45) is -0.107. The molecule has 0 saturated heterocycles. The summed E-state index contributed by atoms with van der Waals surface area (Å²) in [5.41, 5.74) is 1.21. The molecule has 0 unspecified atom stereocenters. The van der Waals surface area contributed by atoms with Crippen molar-refractivity contribution >= 4 is 29.2 Å². The molecule has 0 radical (unpaired) electrons. The number of carbonyl (C=O) groups is 2. The van der Waals surface area contributed by atoms with Crippen LogP contribution in [0.5, 0.6) is 0 Å². The van der Waals surface area contributed by atoms with Crippen LogP contribution in [0.3, 0.4) is 0 Å². The number of nitrogens with one attached hydrogen (secondary N) is 1. The summed E-state index contributed by atoms with van der Waals surface area (Å²) in [5, 5.41) is 18.8. The fourth-order valence-corrected chi connectivity index (χ4v) is 1.67. The number of aliphatic carboxylic acids is 1. The Morgan fingerprint density at radius 1 is 1.20 bits per heavy atom. The van der Waals surface area contributed by atoms with Gasteiger partial charge >= 0.3 is 5.97 Å². The van der Waals surface area contributed by atoms with Gasteiger partial charge in [-0.3, -0.25) is 9.59 Å². The summed E-state index contributed by atoms with van der Waals surface area (Å²) in [4.78, 5) is 22.5. The van der Waals surface area contributed by atoms with E-state index >= 15 is 0 Å². The predicted octanol–water partition coefficient (Wildman–Crippen LogP) is 2.01. The van der Waals surface area contributed by atoms with Gasteiger partial charge in [0.05, 0.1) is 6.42 Å². The summed E-state index contributed by atoms with van der Waals surface area (Å²) in [7, 11) is 0. The highest BCUT2D eigenvalue weighted by Crippen LogP contribution is 2.12. The molecule has 2 N–H and O–H groups in total. The molecule has 0 atom stereocenters. The van der Waals surface area contributed by atoms with E-state index in [1.807, 2.05) is 0 Å². The SMILES string of the molecule is O=C(O)Cc1cccc(NC(=O)c2ccc(Cl)nn2)c1. The lowest BCUT2D eigenvalue weighted by Gasteiger charge is -2.05. The zero-order valence-corrected chi connectivity index (χ0v) is 11.0. The molecule has 0 bridgehead atoms. The summed E-state index contributed by atoms with van der Waals surface area (Å²) in [5.74, 6) is -1.38. The van der Waals surface area contributed by atoms with Gasteiger partial charge in [-0.15, -0.1) is 10.2 Å². The number of nitrogens with zero attached hydrogens (tertiary/aromatic N) is 2. The Kier molecular flexibility index (Phi) is 4.27. The van der Waals surface area contributed by atoms with Gasteiger partial charge in [0.1, 0.15) is 0 Å². The fraction of sp³-hybridized carbons (Fsp3) is 0.0769. The molecule has 0 fully saturated rings. The van der Waals surface area contributed by atoms with Gasteiger partial charge in [0.15, 0.2) is 10.8 Å².